The standard InChI is InChI=1S/C24H26N4O4/c29-23(26-17-19-8-9-22(25-16-19)28-10-13-31-14-11-28)20(15-18-5-2-1-3-6-18)27-24(30)21-7-4-12-32-21/h1-9,12,16,20H,10-11,13-15,17H2,(H,26,29)(H,27,30)/t20-/m1/s1. The van der Waals surface area contributed by atoms with Gasteiger partial charge in [-0.1, -0.05) is 36.4 Å². The molecule has 0 unspecified atom stereocenters. The Balaban J connectivity index is 1.38. The Morgan fingerprint density at radius 3 is 2.50 bits per heavy atom. The van der Waals surface area contributed by atoms with E-state index in [-0.39, 0.29) is 11.7 Å². The number of morpholine rings is 1. The van der Waals surface area contributed by atoms with Crippen molar-refractivity contribution in [2.45, 2.75) is 19.0 Å². The van der Waals surface area contributed by atoms with Gasteiger partial charge in [0.05, 0.1) is 19.5 Å². The van der Waals surface area contributed by atoms with Gasteiger partial charge in [0.2, 0.25) is 5.91 Å². The summed E-state index contributed by atoms with van der Waals surface area (Å²) in [7, 11) is 0. The minimum Gasteiger partial charge on any atom is -0.459 e. The second-order valence-corrected chi connectivity index (χ2v) is 7.53. The van der Waals surface area contributed by atoms with E-state index in [1.54, 1.807) is 18.3 Å². The van der Waals surface area contributed by atoms with Gasteiger partial charge in [-0.2, -0.15) is 0 Å². The Morgan fingerprint density at radius 1 is 1.00 bits per heavy atom. The number of carbonyl (C=O) groups is 2. The summed E-state index contributed by atoms with van der Waals surface area (Å²) >= 11 is 0. The van der Waals surface area contributed by atoms with Crippen molar-refractivity contribution >= 4 is 17.6 Å². The minimum atomic E-state index is -0.740. The number of furan rings is 1. The maximum atomic E-state index is 12.9. The molecule has 1 saturated heterocycles. The molecular formula is C24H26N4O4. The molecule has 2 N–H and O–H groups in total. The lowest BCUT2D eigenvalue weighted by Crippen LogP contribution is -2.47. The molecule has 0 spiro atoms. The van der Waals surface area contributed by atoms with Crippen LogP contribution in [0.3, 0.4) is 0 Å². The molecule has 1 aromatic carbocycles. The molecule has 1 aliphatic rings. The summed E-state index contributed by atoms with van der Waals surface area (Å²) in [4.78, 5) is 32.1. The molecule has 3 aromatic rings. The van der Waals surface area contributed by atoms with Crippen LogP contribution in [0.2, 0.25) is 0 Å². The first-order chi connectivity index (χ1) is 15.7. The van der Waals surface area contributed by atoms with Crippen molar-refractivity contribution in [2.24, 2.45) is 0 Å². The van der Waals surface area contributed by atoms with E-state index in [1.165, 1.54) is 6.26 Å². The number of anilines is 1. The lowest BCUT2D eigenvalue weighted by molar-refractivity contribution is -0.123. The summed E-state index contributed by atoms with van der Waals surface area (Å²) < 4.78 is 10.5. The van der Waals surface area contributed by atoms with Gasteiger partial charge in [0.25, 0.3) is 5.91 Å². The first-order valence-electron chi connectivity index (χ1n) is 10.6. The van der Waals surface area contributed by atoms with Crippen LogP contribution >= 0.6 is 0 Å². The van der Waals surface area contributed by atoms with Crippen molar-refractivity contribution in [3.05, 3.63) is 83.9 Å². The zero-order chi connectivity index (χ0) is 22.2. The third-order valence-electron chi connectivity index (χ3n) is 5.26. The van der Waals surface area contributed by atoms with Crippen LogP contribution < -0.4 is 15.5 Å². The number of aromatic nitrogens is 1. The smallest absolute Gasteiger partial charge is 0.287 e. The third-order valence-corrected chi connectivity index (χ3v) is 5.26. The summed E-state index contributed by atoms with van der Waals surface area (Å²) in [6.45, 7) is 3.36. The summed E-state index contributed by atoms with van der Waals surface area (Å²) in [6.07, 6.45) is 3.56. The molecule has 0 radical (unpaired) electrons. The normalized spacial score (nSPS) is 14.6. The highest BCUT2D eigenvalue weighted by molar-refractivity contribution is 5.95. The Hall–Kier alpha value is -3.65. The minimum absolute atomic E-state index is 0.166. The third kappa shape index (κ3) is 5.73. The second kappa shape index (κ2) is 10.6. The van der Waals surface area contributed by atoms with Gasteiger partial charge in [0.1, 0.15) is 11.9 Å². The largest absolute Gasteiger partial charge is 0.459 e. The number of nitrogens with zero attached hydrogens (tertiary/aromatic N) is 2. The molecule has 166 valence electrons. The molecule has 1 atom stereocenters. The predicted octanol–water partition coefficient (Wildman–Crippen LogP) is 2.17. The van der Waals surface area contributed by atoms with Crippen LogP contribution in [-0.2, 0) is 22.5 Å². The number of hydrogen-bond acceptors (Lipinski definition) is 6. The Kier molecular flexibility index (Phi) is 7.14. The van der Waals surface area contributed by atoms with Crippen LogP contribution in [0.15, 0.2) is 71.5 Å². The maximum absolute atomic E-state index is 12.9. The Morgan fingerprint density at radius 2 is 1.81 bits per heavy atom. The second-order valence-electron chi connectivity index (χ2n) is 7.53. The van der Waals surface area contributed by atoms with Gasteiger partial charge in [-0.3, -0.25) is 9.59 Å². The van der Waals surface area contributed by atoms with Crippen molar-refractivity contribution in [1.29, 1.82) is 0 Å². The zero-order valence-corrected chi connectivity index (χ0v) is 17.7. The fraction of sp³-hybridized carbons (Fsp3) is 0.292. The van der Waals surface area contributed by atoms with E-state index >= 15 is 0 Å². The summed E-state index contributed by atoms with van der Waals surface area (Å²) in [5.41, 5.74) is 1.83. The SMILES string of the molecule is O=C(N[C@H](Cc1ccccc1)C(=O)NCc1ccc(N2CCOCC2)nc1)c1ccco1. The van der Waals surface area contributed by atoms with Gasteiger partial charge in [-0.05, 0) is 29.3 Å². The number of pyridine rings is 1. The zero-order valence-electron chi connectivity index (χ0n) is 17.7. The Labute approximate surface area is 186 Å². The van der Waals surface area contributed by atoms with Crippen LogP contribution in [-0.4, -0.2) is 49.1 Å². The fourth-order valence-corrected chi connectivity index (χ4v) is 3.51. The van der Waals surface area contributed by atoms with Gasteiger partial charge in [0.15, 0.2) is 5.76 Å². The van der Waals surface area contributed by atoms with Crippen molar-refractivity contribution in [1.82, 2.24) is 15.6 Å². The van der Waals surface area contributed by atoms with Crippen LogP contribution in [0.4, 0.5) is 5.82 Å². The number of nitrogens with one attached hydrogen (secondary N) is 2. The molecule has 4 rings (SSSR count). The van der Waals surface area contributed by atoms with E-state index in [9.17, 15) is 9.59 Å². The van der Waals surface area contributed by atoms with E-state index in [4.69, 9.17) is 9.15 Å². The van der Waals surface area contributed by atoms with Gasteiger partial charge in [0, 0.05) is 32.3 Å². The highest BCUT2D eigenvalue weighted by atomic mass is 16.5. The van der Waals surface area contributed by atoms with E-state index < -0.39 is 11.9 Å². The van der Waals surface area contributed by atoms with E-state index in [0.29, 0.717) is 26.2 Å². The molecule has 0 bridgehead atoms. The lowest BCUT2D eigenvalue weighted by Gasteiger charge is -2.27. The average Bonchev–Trinajstić information content (AvgIpc) is 3.39. The molecule has 32 heavy (non-hydrogen) atoms. The lowest BCUT2D eigenvalue weighted by atomic mass is 10.0. The molecule has 2 aromatic heterocycles. The average molecular weight is 434 g/mol. The van der Waals surface area contributed by atoms with Gasteiger partial charge >= 0.3 is 0 Å². The Bertz CT molecular complexity index is 1000. The number of benzene rings is 1. The van der Waals surface area contributed by atoms with E-state index in [0.717, 1.165) is 30.0 Å². The molecule has 1 aliphatic heterocycles. The fourth-order valence-electron chi connectivity index (χ4n) is 3.51. The highest BCUT2D eigenvalue weighted by Gasteiger charge is 2.23. The van der Waals surface area contributed by atoms with Crippen LogP contribution in [0.1, 0.15) is 21.7 Å². The van der Waals surface area contributed by atoms with Crippen LogP contribution in [0.5, 0.6) is 0 Å². The maximum Gasteiger partial charge on any atom is 0.287 e. The monoisotopic (exact) mass is 434 g/mol. The summed E-state index contributed by atoms with van der Waals surface area (Å²) in [6, 6.07) is 15.9. The van der Waals surface area contributed by atoms with E-state index in [2.05, 4.69) is 20.5 Å². The quantitative estimate of drug-likeness (QED) is 0.564. The van der Waals surface area contributed by atoms with Crippen LogP contribution in [0.25, 0.3) is 0 Å². The van der Waals surface area contributed by atoms with Gasteiger partial charge in [-0.15, -0.1) is 0 Å². The van der Waals surface area contributed by atoms with Gasteiger partial charge in [-0.25, -0.2) is 4.98 Å². The van der Waals surface area contributed by atoms with Crippen LogP contribution in [0, 0.1) is 0 Å². The number of amides is 2. The topological polar surface area (TPSA) is 96.7 Å². The molecule has 0 saturated carbocycles. The molecule has 8 heteroatoms. The predicted molar refractivity (Wildman–Crippen MR) is 119 cm³/mol. The molecular weight excluding hydrogens is 408 g/mol. The molecule has 3 heterocycles. The summed E-state index contributed by atoms with van der Waals surface area (Å²) in [5, 5.41) is 5.69. The number of hydrogen-bond donors (Lipinski definition) is 2. The van der Waals surface area contributed by atoms with Crippen molar-refractivity contribution < 1.29 is 18.7 Å². The van der Waals surface area contributed by atoms with Gasteiger partial charge < -0.3 is 24.7 Å². The highest BCUT2D eigenvalue weighted by Crippen LogP contribution is 2.13. The first-order valence-corrected chi connectivity index (χ1v) is 10.6. The molecule has 0 aliphatic carbocycles. The van der Waals surface area contributed by atoms with Crippen molar-refractivity contribution in [3.8, 4) is 0 Å². The molecule has 8 nitrogen and oxygen atoms in total. The molecule has 1 fully saturated rings. The molecule has 2 amide bonds. The van der Waals surface area contributed by atoms with Crippen molar-refractivity contribution in [2.75, 3.05) is 31.2 Å². The number of rotatable bonds is 8. The first kappa shape index (κ1) is 21.6. The number of carbonyl (C=O) groups excluding carboxylic acids is 2. The van der Waals surface area contributed by atoms with Crippen molar-refractivity contribution in [3.63, 3.8) is 0 Å². The number of ether oxygens (including phenoxy) is 1. The van der Waals surface area contributed by atoms with E-state index in [1.807, 2.05) is 42.5 Å². The summed E-state index contributed by atoms with van der Waals surface area (Å²) in [5.74, 6) is 0.364.